The van der Waals surface area contributed by atoms with E-state index in [1.165, 1.54) is 36.0 Å². The van der Waals surface area contributed by atoms with E-state index in [0.29, 0.717) is 6.42 Å². The molecule has 0 radical (unpaired) electrons. The maximum Gasteiger partial charge on any atom is 0.0968 e. The average molecular weight is 186 g/mol. The minimum absolute atomic E-state index is 0.366. The molecule has 1 aromatic carbocycles. The summed E-state index contributed by atoms with van der Waals surface area (Å²) in [6.45, 7) is 0. The van der Waals surface area contributed by atoms with Crippen molar-refractivity contribution in [2.45, 2.75) is 31.7 Å². The topological polar surface area (TPSA) is 49.8 Å². The molecule has 0 saturated heterocycles. The Morgan fingerprint density at radius 1 is 1.36 bits per heavy atom. The number of benzene rings is 1. The van der Waals surface area contributed by atoms with Crippen molar-refractivity contribution in [1.82, 2.24) is 0 Å². The van der Waals surface area contributed by atoms with Crippen LogP contribution in [-0.4, -0.2) is 6.04 Å². The standard InChI is InChI=1S/C12H14N2/c13-8-12(14)7-9-4-5-10-2-1-3-11(10)6-9/h4-6,12H,1-3,7,14H2. The van der Waals surface area contributed by atoms with Crippen LogP contribution in [0.4, 0.5) is 0 Å². The van der Waals surface area contributed by atoms with Gasteiger partial charge in [0.15, 0.2) is 0 Å². The first-order valence-electron chi connectivity index (χ1n) is 5.05. The Balaban J connectivity index is 2.17. The molecule has 0 bridgehead atoms. The van der Waals surface area contributed by atoms with Crippen LogP contribution in [0.3, 0.4) is 0 Å². The highest BCUT2D eigenvalue weighted by Gasteiger charge is 2.11. The average Bonchev–Trinajstić information content (AvgIpc) is 2.64. The smallest absolute Gasteiger partial charge is 0.0968 e. The van der Waals surface area contributed by atoms with Crippen LogP contribution < -0.4 is 5.73 Å². The molecule has 0 amide bonds. The van der Waals surface area contributed by atoms with Gasteiger partial charge in [0.25, 0.3) is 0 Å². The number of nitrogens with two attached hydrogens (primary N) is 1. The minimum Gasteiger partial charge on any atom is -0.316 e. The summed E-state index contributed by atoms with van der Waals surface area (Å²) in [6, 6.07) is 8.18. The van der Waals surface area contributed by atoms with Gasteiger partial charge in [0, 0.05) is 6.42 Å². The van der Waals surface area contributed by atoms with Gasteiger partial charge >= 0.3 is 0 Å². The summed E-state index contributed by atoms with van der Waals surface area (Å²) in [6.07, 6.45) is 4.33. The summed E-state index contributed by atoms with van der Waals surface area (Å²) < 4.78 is 0. The van der Waals surface area contributed by atoms with E-state index in [9.17, 15) is 0 Å². The number of nitrogens with zero attached hydrogens (tertiary/aromatic N) is 1. The van der Waals surface area contributed by atoms with E-state index in [1.807, 2.05) is 0 Å². The molecular weight excluding hydrogens is 172 g/mol. The Kier molecular flexibility index (Phi) is 2.51. The number of nitriles is 1. The van der Waals surface area contributed by atoms with E-state index in [2.05, 4.69) is 24.3 Å². The molecular formula is C12H14N2. The van der Waals surface area contributed by atoms with Crippen LogP contribution in [0.25, 0.3) is 0 Å². The van der Waals surface area contributed by atoms with Crippen molar-refractivity contribution in [3.63, 3.8) is 0 Å². The van der Waals surface area contributed by atoms with Crippen molar-refractivity contribution in [1.29, 1.82) is 5.26 Å². The molecule has 1 aliphatic rings. The monoisotopic (exact) mass is 186 g/mol. The SMILES string of the molecule is N#CC(N)Cc1ccc2c(c1)CCC2. The van der Waals surface area contributed by atoms with E-state index in [1.54, 1.807) is 0 Å². The van der Waals surface area contributed by atoms with Crippen molar-refractivity contribution in [3.8, 4) is 6.07 Å². The highest BCUT2D eigenvalue weighted by atomic mass is 14.6. The first-order chi connectivity index (χ1) is 6.79. The van der Waals surface area contributed by atoms with E-state index < -0.39 is 0 Å². The van der Waals surface area contributed by atoms with E-state index in [-0.39, 0.29) is 6.04 Å². The highest BCUT2D eigenvalue weighted by molar-refractivity contribution is 5.35. The molecule has 1 unspecified atom stereocenters. The number of aryl methyl sites for hydroxylation is 2. The first-order valence-corrected chi connectivity index (χ1v) is 5.05. The lowest BCUT2D eigenvalue weighted by Crippen LogP contribution is -2.20. The van der Waals surface area contributed by atoms with E-state index in [0.717, 1.165) is 0 Å². The summed E-state index contributed by atoms with van der Waals surface area (Å²) >= 11 is 0. The third-order valence-corrected chi connectivity index (χ3v) is 2.78. The molecule has 0 saturated carbocycles. The summed E-state index contributed by atoms with van der Waals surface area (Å²) in [5, 5.41) is 8.61. The van der Waals surface area contributed by atoms with Crippen LogP contribution in [0, 0.1) is 11.3 Å². The first kappa shape index (κ1) is 9.23. The third kappa shape index (κ3) is 1.78. The molecule has 14 heavy (non-hydrogen) atoms. The van der Waals surface area contributed by atoms with Gasteiger partial charge in [0.2, 0.25) is 0 Å². The Hall–Kier alpha value is -1.33. The fourth-order valence-corrected chi connectivity index (χ4v) is 2.05. The number of hydrogen-bond donors (Lipinski definition) is 1. The van der Waals surface area contributed by atoms with E-state index >= 15 is 0 Å². The molecule has 1 atom stereocenters. The van der Waals surface area contributed by atoms with Gasteiger partial charge in [-0.15, -0.1) is 0 Å². The summed E-state index contributed by atoms with van der Waals surface area (Å²) in [7, 11) is 0. The molecule has 0 spiro atoms. The quantitative estimate of drug-likeness (QED) is 0.762. The second-order valence-corrected chi connectivity index (χ2v) is 3.90. The lowest BCUT2D eigenvalue weighted by atomic mass is 10.0. The highest BCUT2D eigenvalue weighted by Crippen LogP contribution is 2.23. The van der Waals surface area contributed by atoms with Crippen LogP contribution in [0.5, 0.6) is 0 Å². The zero-order chi connectivity index (χ0) is 9.97. The van der Waals surface area contributed by atoms with Crippen molar-refractivity contribution in [2.75, 3.05) is 0 Å². The summed E-state index contributed by atoms with van der Waals surface area (Å²) in [4.78, 5) is 0. The molecule has 2 N–H and O–H groups in total. The maximum atomic E-state index is 8.61. The Bertz CT molecular complexity index is 376. The molecule has 2 heteroatoms. The van der Waals surface area contributed by atoms with Crippen molar-refractivity contribution >= 4 is 0 Å². The largest absolute Gasteiger partial charge is 0.316 e. The molecule has 0 fully saturated rings. The zero-order valence-corrected chi connectivity index (χ0v) is 8.16. The fraction of sp³-hybridized carbons (Fsp3) is 0.417. The molecule has 0 aliphatic heterocycles. The molecule has 0 heterocycles. The predicted octanol–water partition coefficient (Wildman–Crippen LogP) is 1.57. The summed E-state index contributed by atoms with van der Waals surface area (Å²) in [5.74, 6) is 0. The van der Waals surface area contributed by atoms with Gasteiger partial charge in [-0.3, -0.25) is 0 Å². The van der Waals surface area contributed by atoms with E-state index in [4.69, 9.17) is 11.0 Å². The van der Waals surface area contributed by atoms with Gasteiger partial charge in [0.1, 0.15) is 0 Å². The molecule has 1 aliphatic carbocycles. The van der Waals surface area contributed by atoms with Gasteiger partial charge in [-0.2, -0.15) is 5.26 Å². The van der Waals surface area contributed by atoms with Crippen molar-refractivity contribution in [3.05, 3.63) is 34.9 Å². The Morgan fingerprint density at radius 2 is 2.14 bits per heavy atom. The Labute approximate surface area is 84.3 Å². The Morgan fingerprint density at radius 3 is 2.93 bits per heavy atom. The third-order valence-electron chi connectivity index (χ3n) is 2.78. The normalized spacial score (nSPS) is 16.0. The summed E-state index contributed by atoms with van der Waals surface area (Å²) in [5.41, 5.74) is 9.71. The van der Waals surface area contributed by atoms with Gasteiger partial charge in [0.05, 0.1) is 12.1 Å². The van der Waals surface area contributed by atoms with Crippen LogP contribution in [0.1, 0.15) is 23.1 Å². The second kappa shape index (κ2) is 3.81. The molecule has 72 valence electrons. The van der Waals surface area contributed by atoms with Crippen LogP contribution >= 0.6 is 0 Å². The molecule has 2 nitrogen and oxygen atoms in total. The lowest BCUT2D eigenvalue weighted by molar-refractivity contribution is 0.821. The fourth-order valence-electron chi connectivity index (χ4n) is 2.05. The second-order valence-electron chi connectivity index (χ2n) is 3.90. The van der Waals surface area contributed by atoms with Crippen LogP contribution in [-0.2, 0) is 19.3 Å². The van der Waals surface area contributed by atoms with Crippen LogP contribution in [0.15, 0.2) is 18.2 Å². The van der Waals surface area contributed by atoms with Gasteiger partial charge in [-0.25, -0.2) is 0 Å². The van der Waals surface area contributed by atoms with Crippen molar-refractivity contribution in [2.24, 2.45) is 5.73 Å². The maximum absolute atomic E-state index is 8.61. The predicted molar refractivity (Wildman–Crippen MR) is 55.8 cm³/mol. The van der Waals surface area contributed by atoms with Crippen molar-refractivity contribution < 1.29 is 0 Å². The lowest BCUT2D eigenvalue weighted by Gasteiger charge is -2.05. The zero-order valence-electron chi connectivity index (χ0n) is 8.16. The van der Waals surface area contributed by atoms with Gasteiger partial charge < -0.3 is 5.73 Å². The molecule has 2 rings (SSSR count). The number of hydrogen-bond acceptors (Lipinski definition) is 2. The van der Waals surface area contributed by atoms with Crippen LogP contribution in [0.2, 0.25) is 0 Å². The number of rotatable bonds is 2. The van der Waals surface area contributed by atoms with Gasteiger partial charge in [-0.05, 0) is 36.0 Å². The minimum atomic E-state index is -0.366. The van der Waals surface area contributed by atoms with Gasteiger partial charge in [-0.1, -0.05) is 18.2 Å². The molecule has 1 aromatic rings. The number of fused-ring (bicyclic) bond motifs is 1. The molecule has 0 aromatic heterocycles.